The minimum atomic E-state index is -4.55. The molecule has 0 spiro atoms. The van der Waals surface area contributed by atoms with E-state index in [9.17, 15) is 21.6 Å². The van der Waals surface area contributed by atoms with E-state index < -0.39 is 21.8 Å². The molecule has 0 fully saturated rings. The average Bonchev–Trinajstić information content (AvgIpc) is 2.59. The van der Waals surface area contributed by atoms with Crippen LogP contribution in [0.4, 0.5) is 13.2 Å². The summed E-state index contributed by atoms with van der Waals surface area (Å²) >= 11 is 0. The van der Waals surface area contributed by atoms with Crippen LogP contribution in [0.1, 0.15) is 76.7 Å². The molecule has 0 aromatic heterocycles. The summed E-state index contributed by atoms with van der Waals surface area (Å²) in [6.45, 7) is 2.44. The van der Waals surface area contributed by atoms with Crippen LogP contribution in [0.15, 0.2) is 29.2 Å². The van der Waals surface area contributed by atoms with Crippen LogP contribution in [-0.2, 0) is 16.2 Å². The number of rotatable bonds is 13. The van der Waals surface area contributed by atoms with Gasteiger partial charge in [0.25, 0.3) is 0 Å². The van der Waals surface area contributed by atoms with E-state index in [1.807, 2.05) is 0 Å². The van der Waals surface area contributed by atoms with Crippen molar-refractivity contribution in [2.24, 2.45) is 0 Å². The molecule has 0 bridgehead atoms. The van der Waals surface area contributed by atoms with Crippen molar-refractivity contribution < 1.29 is 21.6 Å². The molecule has 0 heterocycles. The largest absolute Gasteiger partial charge is 0.416 e. The van der Waals surface area contributed by atoms with Gasteiger partial charge in [-0.1, -0.05) is 70.8 Å². The van der Waals surface area contributed by atoms with Gasteiger partial charge >= 0.3 is 6.18 Å². The molecule has 0 aliphatic heterocycles. The lowest BCUT2D eigenvalue weighted by molar-refractivity contribution is -0.137. The summed E-state index contributed by atoms with van der Waals surface area (Å²) in [5.41, 5.74) is -0.959. The lowest BCUT2D eigenvalue weighted by atomic mass is 10.1. The summed E-state index contributed by atoms with van der Waals surface area (Å²) in [5, 5.41) is 0. The monoisotopic (exact) mass is 393 g/mol. The molecule has 0 aliphatic rings. The summed E-state index contributed by atoms with van der Waals surface area (Å²) in [7, 11) is -3.90. The molecule has 1 aromatic carbocycles. The van der Waals surface area contributed by atoms with Gasteiger partial charge in [-0.25, -0.2) is 13.1 Å². The van der Waals surface area contributed by atoms with Gasteiger partial charge in [-0.3, -0.25) is 0 Å². The minimum Gasteiger partial charge on any atom is -0.211 e. The average molecular weight is 394 g/mol. The Hall–Kier alpha value is -1.08. The van der Waals surface area contributed by atoms with E-state index in [2.05, 4.69) is 11.6 Å². The third-order valence-corrected chi connectivity index (χ3v) is 5.75. The van der Waals surface area contributed by atoms with E-state index in [0.717, 1.165) is 31.4 Å². The van der Waals surface area contributed by atoms with Crippen LogP contribution in [0.2, 0.25) is 0 Å². The molecule has 0 saturated carbocycles. The fourth-order valence-corrected chi connectivity index (χ4v) is 3.86. The molecule has 0 aliphatic carbocycles. The molecular formula is C19H30F3NO2S. The molecular weight excluding hydrogens is 363 g/mol. The third-order valence-electron chi connectivity index (χ3n) is 4.29. The van der Waals surface area contributed by atoms with Crippen LogP contribution in [0.25, 0.3) is 0 Å². The highest BCUT2D eigenvalue weighted by Crippen LogP contribution is 2.30. The van der Waals surface area contributed by atoms with Crippen molar-refractivity contribution in [3.05, 3.63) is 29.8 Å². The normalized spacial score (nSPS) is 12.5. The number of benzene rings is 1. The molecule has 1 rings (SSSR count). The van der Waals surface area contributed by atoms with E-state index in [0.29, 0.717) is 12.5 Å². The maximum Gasteiger partial charge on any atom is 0.416 e. The van der Waals surface area contributed by atoms with Crippen molar-refractivity contribution in [3.8, 4) is 0 Å². The Bertz CT molecular complexity index is 615. The van der Waals surface area contributed by atoms with E-state index in [4.69, 9.17) is 0 Å². The van der Waals surface area contributed by atoms with E-state index in [-0.39, 0.29) is 11.4 Å². The Morgan fingerprint density at radius 3 is 1.96 bits per heavy atom. The predicted octanol–water partition coefficient (Wildman–Crippen LogP) is 5.90. The van der Waals surface area contributed by atoms with Crippen LogP contribution in [-0.4, -0.2) is 15.0 Å². The van der Waals surface area contributed by atoms with Crippen LogP contribution < -0.4 is 4.72 Å². The van der Waals surface area contributed by atoms with Gasteiger partial charge in [0, 0.05) is 6.54 Å². The third kappa shape index (κ3) is 9.03. The Balaban J connectivity index is 2.24. The first-order chi connectivity index (χ1) is 12.3. The number of unbranched alkanes of at least 4 members (excludes halogenated alkanes) is 9. The fourth-order valence-electron chi connectivity index (χ4n) is 2.74. The Labute approximate surface area is 155 Å². The minimum absolute atomic E-state index is 0.245. The fraction of sp³-hybridized carbons (Fsp3) is 0.684. The first-order valence-corrected chi connectivity index (χ1v) is 10.9. The van der Waals surface area contributed by atoms with Gasteiger partial charge in [0.1, 0.15) is 0 Å². The van der Waals surface area contributed by atoms with Gasteiger partial charge in [0.2, 0.25) is 10.0 Å². The SMILES string of the molecule is CCCCCCCCCCCCNS(=O)(=O)c1cccc(C(F)(F)F)c1. The molecule has 1 N–H and O–H groups in total. The quantitative estimate of drug-likeness (QED) is 0.424. The lowest BCUT2D eigenvalue weighted by Gasteiger charge is -2.10. The van der Waals surface area contributed by atoms with Crippen LogP contribution in [0.3, 0.4) is 0 Å². The Morgan fingerprint density at radius 1 is 0.885 bits per heavy atom. The number of hydrogen-bond acceptors (Lipinski definition) is 2. The van der Waals surface area contributed by atoms with Crippen molar-refractivity contribution in [2.45, 2.75) is 82.2 Å². The summed E-state index contributed by atoms with van der Waals surface area (Å²) in [4.78, 5) is -0.348. The molecule has 7 heteroatoms. The highest BCUT2D eigenvalue weighted by Gasteiger charge is 2.31. The second kappa shape index (κ2) is 11.6. The van der Waals surface area contributed by atoms with Crippen LogP contribution >= 0.6 is 0 Å². The highest BCUT2D eigenvalue weighted by molar-refractivity contribution is 7.89. The maximum atomic E-state index is 12.7. The molecule has 3 nitrogen and oxygen atoms in total. The van der Waals surface area contributed by atoms with Crippen molar-refractivity contribution in [3.63, 3.8) is 0 Å². The van der Waals surface area contributed by atoms with Gasteiger partial charge in [-0.15, -0.1) is 0 Å². The number of sulfonamides is 1. The Morgan fingerprint density at radius 2 is 1.42 bits per heavy atom. The summed E-state index contributed by atoms with van der Waals surface area (Å²) in [6, 6.07) is 3.82. The van der Waals surface area contributed by atoms with Gasteiger partial charge in [0.15, 0.2) is 0 Å². The number of hydrogen-bond donors (Lipinski definition) is 1. The van der Waals surface area contributed by atoms with Crippen LogP contribution in [0, 0.1) is 0 Å². The van der Waals surface area contributed by atoms with Crippen LogP contribution in [0.5, 0.6) is 0 Å². The standard InChI is InChI=1S/C19H30F3NO2S/c1-2-3-4-5-6-7-8-9-10-11-15-23-26(24,25)18-14-12-13-17(16-18)19(20,21)22/h12-14,16,23H,2-11,15H2,1H3. The zero-order valence-corrected chi connectivity index (χ0v) is 16.3. The lowest BCUT2D eigenvalue weighted by Crippen LogP contribution is -2.25. The van der Waals surface area contributed by atoms with E-state index in [1.54, 1.807) is 0 Å². The Kier molecular flexibility index (Phi) is 10.2. The second-order valence-electron chi connectivity index (χ2n) is 6.61. The van der Waals surface area contributed by atoms with Gasteiger partial charge < -0.3 is 0 Å². The molecule has 150 valence electrons. The topological polar surface area (TPSA) is 46.2 Å². The molecule has 0 amide bonds. The van der Waals surface area contributed by atoms with Gasteiger partial charge in [-0.2, -0.15) is 13.2 Å². The van der Waals surface area contributed by atoms with E-state index >= 15 is 0 Å². The zero-order chi connectivity index (χ0) is 19.5. The van der Waals surface area contributed by atoms with Crippen molar-refractivity contribution >= 4 is 10.0 Å². The first kappa shape index (κ1) is 23.0. The van der Waals surface area contributed by atoms with Crippen molar-refractivity contribution in [1.82, 2.24) is 4.72 Å². The zero-order valence-electron chi connectivity index (χ0n) is 15.4. The van der Waals surface area contributed by atoms with Crippen molar-refractivity contribution in [2.75, 3.05) is 6.54 Å². The maximum absolute atomic E-state index is 12.7. The van der Waals surface area contributed by atoms with Gasteiger partial charge in [0.05, 0.1) is 10.5 Å². The summed E-state index contributed by atoms with van der Waals surface area (Å²) < 4.78 is 64.6. The first-order valence-electron chi connectivity index (χ1n) is 9.44. The highest BCUT2D eigenvalue weighted by atomic mass is 32.2. The summed E-state index contributed by atoms with van der Waals surface area (Å²) in [5.74, 6) is 0. The number of alkyl halides is 3. The second-order valence-corrected chi connectivity index (χ2v) is 8.37. The molecule has 0 atom stereocenters. The smallest absolute Gasteiger partial charge is 0.211 e. The molecule has 1 aromatic rings. The van der Waals surface area contributed by atoms with E-state index in [1.165, 1.54) is 44.6 Å². The summed E-state index contributed by atoms with van der Waals surface area (Å²) in [6.07, 6.45) is 6.84. The predicted molar refractivity (Wildman–Crippen MR) is 98.5 cm³/mol. The number of nitrogens with one attached hydrogen (secondary N) is 1. The molecule has 0 radical (unpaired) electrons. The molecule has 0 saturated heterocycles. The molecule has 0 unspecified atom stereocenters. The van der Waals surface area contributed by atoms with Crippen molar-refractivity contribution in [1.29, 1.82) is 0 Å². The number of halogens is 3. The van der Waals surface area contributed by atoms with Gasteiger partial charge in [-0.05, 0) is 24.6 Å². The molecule has 26 heavy (non-hydrogen) atoms.